The summed E-state index contributed by atoms with van der Waals surface area (Å²) < 4.78 is 0. The normalized spacial score (nSPS) is 19.6. The summed E-state index contributed by atoms with van der Waals surface area (Å²) in [6, 6.07) is 9.65. The Kier molecular flexibility index (Phi) is 5.31. The number of carbonyl (C=O) groups is 2. The lowest BCUT2D eigenvalue weighted by Crippen LogP contribution is -2.50. The molecule has 0 spiro atoms. The summed E-state index contributed by atoms with van der Waals surface area (Å²) in [5, 5.41) is 5.45. The average molecular weight is 296 g/mol. The van der Waals surface area contributed by atoms with Crippen LogP contribution in [-0.2, 0) is 9.59 Å². The first kappa shape index (κ1) is 15.8. The number of nitrogens with one attached hydrogen (secondary N) is 2. The molecule has 1 fully saturated rings. The average Bonchev–Trinajstić information content (AvgIpc) is 2.54. The summed E-state index contributed by atoms with van der Waals surface area (Å²) in [6.07, 6.45) is 6.38. The summed E-state index contributed by atoms with van der Waals surface area (Å²) in [7, 11) is 0. The van der Waals surface area contributed by atoms with E-state index in [2.05, 4.69) is 17.2 Å². The van der Waals surface area contributed by atoms with E-state index >= 15 is 0 Å². The summed E-state index contributed by atoms with van der Waals surface area (Å²) in [5.41, 5.74) is 3.01. The molecule has 1 unspecified atom stereocenters. The first-order valence-electron chi connectivity index (χ1n) is 7.27. The van der Waals surface area contributed by atoms with E-state index in [0.717, 1.165) is 16.8 Å². The van der Waals surface area contributed by atoms with Crippen LogP contribution >= 0.6 is 0 Å². The fourth-order valence-corrected chi connectivity index (χ4v) is 2.22. The molecular formula is C18H20N2O2. The first-order chi connectivity index (χ1) is 10.6. The molecule has 2 N–H and O–H groups in total. The van der Waals surface area contributed by atoms with Gasteiger partial charge in [0.1, 0.15) is 6.04 Å². The lowest BCUT2D eigenvalue weighted by atomic mass is 10.1. The van der Waals surface area contributed by atoms with Crippen LogP contribution in [0.3, 0.4) is 0 Å². The van der Waals surface area contributed by atoms with Gasteiger partial charge in [0, 0.05) is 12.1 Å². The van der Waals surface area contributed by atoms with Gasteiger partial charge in [0.2, 0.25) is 11.8 Å². The van der Waals surface area contributed by atoms with Gasteiger partial charge >= 0.3 is 0 Å². The van der Waals surface area contributed by atoms with Crippen LogP contribution in [0.25, 0.3) is 5.57 Å². The minimum atomic E-state index is -0.396. The number of benzene rings is 1. The number of piperidine rings is 1. The van der Waals surface area contributed by atoms with Gasteiger partial charge in [-0.05, 0) is 36.6 Å². The van der Waals surface area contributed by atoms with Crippen LogP contribution in [-0.4, -0.2) is 17.9 Å². The number of imide groups is 1. The van der Waals surface area contributed by atoms with Crippen LogP contribution in [0.4, 0.5) is 0 Å². The molecule has 22 heavy (non-hydrogen) atoms. The second-order valence-electron chi connectivity index (χ2n) is 5.19. The molecule has 1 saturated heterocycles. The van der Waals surface area contributed by atoms with E-state index in [4.69, 9.17) is 0 Å². The summed E-state index contributed by atoms with van der Waals surface area (Å²) in [4.78, 5) is 22.9. The minimum Gasteiger partial charge on any atom is -0.374 e. The summed E-state index contributed by atoms with van der Waals surface area (Å²) in [6.45, 7) is 5.78. The molecule has 0 saturated carbocycles. The standard InChI is InChI=1S/C18H20N2O2/c1-3-15(19-16-11-12-17(21)20-18(16)22)10-9-13(2)14-7-5-4-6-8-14/h3-10,16,19H,1,11-12H2,2H3,(H,20,21,22)/b13-9+,15-10+. The van der Waals surface area contributed by atoms with E-state index in [9.17, 15) is 9.59 Å². The molecule has 1 aliphatic rings. The Morgan fingerprint density at radius 2 is 2.00 bits per heavy atom. The zero-order valence-electron chi connectivity index (χ0n) is 12.6. The Bertz CT molecular complexity index is 630. The van der Waals surface area contributed by atoms with Crippen LogP contribution in [0, 0.1) is 0 Å². The van der Waals surface area contributed by atoms with Gasteiger partial charge in [0.05, 0.1) is 0 Å². The van der Waals surface area contributed by atoms with Crippen molar-refractivity contribution in [1.82, 2.24) is 10.6 Å². The van der Waals surface area contributed by atoms with Crippen LogP contribution in [0.5, 0.6) is 0 Å². The van der Waals surface area contributed by atoms with Crippen molar-refractivity contribution >= 4 is 17.4 Å². The summed E-state index contributed by atoms with van der Waals surface area (Å²) in [5.74, 6) is -0.500. The van der Waals surface area contributed by atoms with Crippen molar-refractivity contribution in [1.29, 1.82) is 0 Å². The zero-order valence-corrected chi connectivity index (χ0v) is 12.6. The largest absolute Gasteiger partial charge is 0.374 e. The monoisotopic (exact) mass is 296 g/mol. The highest BCUT2D eigenvalue weighted by Crippen LogP contribution is 2.13. The Morgan fingerprint density at radius 1 is 1.27 bits per heavy atom. The van der Waals surface area contributed by atoms with Gasteiger partial charge in [0.15, 0.2) is 0 Å². The Balaban J connectivity index is 2.06. The number of hydrogen-bond donors (Lipinski definition) is 2. The van der Waals surface area contributed by atoms with Gasteiger partial charge in [-0.2, -0.15) is 0 Å². The quantitative estimate of drug-likeness (QED) is 0.648. The van der Waals surface area contributed by atoms with Crippen molar-refractivity contribution in [3.8, 4) is 0 Å². The lowest BCUT2D eigenvalue weighted by molar-refractivity contribution is -0.134. The zero-order chi connectivity index (χ0) is 15.9. The lowest BCUT2D eigenvalue weighted by Gasteiger charge is -2.23. The molecule has 2 amide bonds. The molecule has 1 aromatic rings. The van der Waals surface area contributed by atoms with Gasteiger partial charge in [-0.15, -0.1) is 0 Å². The Labute approximate surface area is 130 Å². The molecule has 2 rings (SSSR count). The molecule has 114 valence electrons. The van der Waals surface area contributed by atoms with Crippen LogP contribution in [0.2, 0.25) is 0 Å². The molecule has 1 aliphatic heterocycles. The van der Waals surface area contributed by atoms with E-state index in [1.54, 1.807) is 6.08 Å². The van der Waals surface area contributed by atoms with Gasteiger partial charge in [-0.25, -0.2) is 0 Å². The van der Waals surface area contributed by atoms with Crippen LogP contribution < -0.4 is 10.6 Å². The van der Waals surface area contributed by atoms with Crippen molar-refractivity contribution in [3.63, 3.8) is 0 Å². The molecule has 0 aliphatic carbocycles. The summed E-state index contributed by atoms with van der Waals surface area (Å²) >= 11 is 0. The maximum Gasteiger partial charge on any atom is 0.249 e. The predicted molar refractivity (Wildman–Crippen MR) is 87.7 cm³/mol. The van der Waals surface area contributed by atoms with Gasteiger partial charge in [0.25, 0.3) is 0 Å². The smallest absolute Gasteiger partial charge is 0.249 e. The Morgan fingerprint density at radius 3 is 2.64 bits per heavy atom. The number of allylic oxidation sites excluding steroid dienone is 4. The minimum absolute atomic E-state index is 0.216. The van der Waals surface area contributed by atoms with E-state index in [-0.39, 0.29) is 11.8 Å². The topological polar surface area (TPSA) is 58.2 Å². The van der Waals surface area contributed by atoms with E-state index in [0.29, 0.717) is 12.8 Å². The van der Waals surface area contributed by atoms with E-state index < -0.39 is 6.04 Å². The van der Waals surface area contributed by atoms with E-state index in [1.807, 2.05) is 49.4 Å². The second-order valence-corrected chi connectivity index (χ2v) is 5.19. The predicted octanol–water partition coefficient (Wildman–Crippen LogP) is 2.55. The van der Waals surface area contributed by atoms with Crippen molar-refractivity contribution < 1.29 is 9.59 Å². The van der Waals surface area contributed by atoms with Crippen LogP contribution in [0.15, 0.2) is 60.8 Å². The highest BCUT2D eigenvalue weighted by molar-refractivity contribution is 6.00. The fraction of sp³-hybridized carbons (Fsp3) is 0.222. The highest BCUT2D eigenvalue weighted by Gasteiger charge is 2.26. The van der Waals surface area contributed by atoms with Crippen molar-refractivity contribution in [3.05, 3.63) is 66.4 Å². The maximum atomic E-state index is 11.7. The van der Waals surface area contributed by atoms with E-state index in [1.165, 1.54) is 0 Å². The molecule has 0 radical (unpaired) electrons. The number of rotatable bonds is 5. The molecule has 1 aromatic carbocycles. The third kappa shape index (κ3) is 4.19. The molecule has 0 bridgehead atoms. The first-order valence-corrected chi connectivity index (χ1v) is 7.27. The third-order valence-corrected chi connectivity index (χ3v) is 3.54. The third-order valence-electron chi connectivity index (χ3n) is 3.54. The van der Waals surface area contributed by atoms with Gasteiger partial charge in [-0.3, -0.25) is 14.9 Å². The molecule has 1 atom stereocenters. The molecule has 4 nitrogen and oxygen atoms in total. The number of hydrogen-bond acceptors (Lipinski definition) is 3. The van der Waals surface area contributed by atoms with Crippen molar-refractivity contribution in [2.75, 3.05) is 0 Å². The van der Waals surface area contributed by atoms with Crippen molar-refractivity contribution in [2.24, 2.45) is 0 Å². The van der Waals surface area contributed by atoms with Crippen LogP contribution in [0.1, 0.15) is 25.3 Å². The molecule has 4 heteroatoms. The SMILES string of the molecule is C=C/C(=C\C=C(/C)c1ccccc1)NC1CCC(=O)NC1=O. The molecule has 0 aromatic heterocycles. The second kappa shape index (κ2) is 7.41. The number of amides is 2. The van der Waals surface area contributed by atoms with Gasteiger partial charge < -0.3 is 5.32 Å². The Hall–Kier alpha value is -2.62. The highest BCUT2D eigenvalue weighted by atomic mass is 16.2. The molecular weight excluding hydrogens is 276 g/mol. The van der Waals surface area contributed by atoms with Crippen molar-refractivity contribution in [2.45, 2.75) is 25.8 Å². The molecule has 1 heterocycles. The maximum absolute atomic E-state index is 11.7. The number of carbonyl (C=O) groups excluding carboxylic acids is 2. The van der Waals surface area contributed by atoms with Gasteiger partial charge in [-0.1, -0.05) is 43.0 Å². The fourth-order valence-electron chi connectivity index (χ4n) is 2.22.